The number of nitrogens with zero attached hydrogens (tertiary/aromatic N) is 1. The lowest BCUT2D eigenvalue weighted by Gasteiger charge is -2.24. The van der Waals surface area contributed by atoms with Gasteiger partial charge in [0, 0.05) is 11.1 Å². The molecule has 1 aliphatic rings. The molecule has 0 spiro atoms. The third kappa shape index (κ3) is 4.53. The van der Waals surface area contributed by atoms with Crippen LogP contribution in [0.25, 0.3) is 10.9 Å². The van der Waals surface area contributed by atoms with Gasteiger partial charge in [-0.15, -0.1) is 0 Å². The van der Waals surface area contributed by atoms with Gasteiger partial charge in [-0.2, -0.15) is 0 Å². The second-order valence-corrected chi connectivity index (χ2v) is 7.83. The molecule has 1 heterocycles. The summed E-state index contributed by atoms with van der Waals surface area (Å²) < 4.78 is 11.0. The predicted octanol–water partition coefficient (Wildman–Crippen LogP) is 4.55. The lowest BCUT2D eigenvalue weighted by atomic mass is 9.84. The molecule has 0 radical (unpaired) electrons. The van der Waals surface area contributed by atoms with E-state index < -0.39 is 11.9 Å². The third-order valence-electron chi connectivity index (χ3n) is 5.50. The van der Waals surface area contributed by atoms with Crippen molar-refractivity contribution >= 4 is 28.5 Å². The van der Waals surface area contributed by atoms with Gasteiger partial charge in [0.05, 0.1) is 23.4 Å². The second-order valence-electron chi connectivity index (χ2n) is 7.83. The summed E-state index contributed by atoms with van der Waals surface area (Å²) in [6, 6.07) is 14.8. The van der Waals surface area contributed by atoms with E-state index >= 15 is 0 Å². The minimum Gasteiger partial charge on any atom is -0.492 e. The fourth-order valence-corrected chi connectivity index (χ4v) is 4.04. The minimum atomic E-state index is -0.489. The van der Waals surface area contributed by atoms with Gasteiger partial charge in [-0.25, -0.2) is 4.79 Å². The number of amides is 1. The Labute approximate surface area is 181 Å². The predicted molar refractivity (Wildman–Crippen MR) is 119 cm³/mol. The highest BCUT2D eigenvalue weighted by molar-refractivity contribution is 6.06. The Morgan fingerprint density at radius 2 is 1.90 bits per heavy atom. The number of carbonyl (C=O) groups excluding carboxylic acids is 2. The van der Waals surface area contributed by atoms with Gasteiger partial charge >= 0.3 is 5.97 Å². The van der Waals surface area contributed by atoms with Crippen LogP contribution in [-0.4, -0.2) is 30.1 Å². The zero-order chi connectivity index (χ0) is 21.8. The molecule has 3 aromatic rings. The molecule has 0 fully saturated rings. The van der Waals surface area contributed by atoms with Gasteiger partial charge in [0.1, 0.15) is 5.75 Å². The van der Waals surface area contributed by atoms with Crippen LogP contribution >= 0.6 is 0 Å². The average molecular weight is 418 g/mol. The number of anilines is 1. The number of carbonyl (C=O) groups is 2. The summed E-state index contributed by atoms with van der Waals surface area (Å²) in [4.78, 5) is 30.3. The Bertz CT molecular complexity index is 1130. The van der Waals surface area contributed by atoms with Crippen LogP contribution < -0.4 is 10.1 Å². The van der Waals surface area contributed by atoms with E-state index in [9.17, 15) is 9.59 Å². The molecule has 1 amide bonds. The molecule has 2 aromatic carbocycles. The molecule has 1 N–H and O–H groups in total. The molecule has 160 valence electrons. The summed E-state index contributed by atoms with van der Waals surface area (Å²) in [5.41, 5.74) is 3.77. The van der Waals surface area contributed by atoms with Crippen LogP contribution in [-0.2, 0) is 22.4 Å². The molecule has 4 rings (SSSR count). The molecule has 6 nitrogen and oxygen atoms in total. The third-order valence-corrected chi connectivity index (χ3v) is 5.50. The van der Waals surface area contributed by atoms with Crippen molar-refractivity contribution in [2.24, 2.45) is 5.92 Å². The number of rotatable bonds is 6. The van der Waals surface area contributed by atoms with Crippen LogP contribution in [0.2, 0.25) is 0 Å². The van der Waals surface area contributed by atoms with Gasteiger partial charge in [-0.05, 0) is 55.9 Å². The van der Waals surface area contributed by atoms with Crippen molar-refractivity contribution < 1.29 is 19.1 Å². The van der Waals surface area contributed by atoms with Crippen molar-refractivity contribution in [1.29, 1.82) is 0 Å². The van der Waals surface area contributed by atoms with E-state index in [-0.39, 0.29) is 6.61 Å². The number of hydrogen-bond donors (Lipinski definition) is 1. The van der Waals surface area contributed by atoms with Gasteiger partial charge in [-0.3, -0.25) is 9.78 Å². The fourth-order valence-electron chi connectivity index (χ4n) is 4.04. The number of aromatic nitrogens is 1. The van der Waals surface area contributed by atoms with Gasteiger partial charge in [0.25, 0.3) is 5.91 Å². The number of benzene rings is 2. The number of hydrogen-bond acceptors (Lipinski definition) is 5. The van der Waals surface area contributed by atoms with Crippen molar-refractivity contribution in [3.8, 4) is 5.75 Å². The van der Waals surface area contributed by atoms with E-state index in [1.165, 1.54) is 0 Å². The largest absolute Gasteiger partial charge is 0.492 e. The zero-order valence-corrected chi connectivity index (χ0v) is 17.8. The second kappa shape index (κ2) is 9.16. The normalized spacial score (nSPS) is 15.2. The smallest absolute Gasteiger partial charge is 0.339 e. The number of ether oxygens (including phenoxy) is 2. The monoisotopic (exact) mass is 418 g/mol. The number of nitrogens with one attached hydrogen (secondary N) is 1. The lowest BCUT2D eigenvalue weighted by molar-refractivity contribution is -0.119. The summed E-state index contributed by atoms with van der Waals surface area (Å²) in [5.74, 6) is 0.145. The first-order chi connectivity index (χ1) is 15.1. The molecule has 6 heteroatoms. The highest BCUT2D eigenvalue weighted by atomic mass is 16.5. The molecular weight excluding hydrogens is 392 g/mol. The summed E-state index contributed by atoms with van der Waals surface area (Å²) in [7, 11) is 0. The average Bonchev–Trinajstić information content (AvgIpc) is 2.77. The van der Waals surface area contributed by atoms with Crippen LogP contribution in [0.1, 0.15) is 41.9 Å². The van der Waals surface area contributed by atoms with Gasteiger partial charge < -0.3 is 14.8 Å². The first kappa shape index (κ1) is 20.8. The van der Waals surface area contributed by atoms with E-state index in [1.54, 1.807) is 18.2 Å². The van der Waals surface area contributed by atoms with Crippen molar-refractivity contribution in [2.75, 3.05) is 18.5 Å². The van der Waals surface area contributed by atoms with Crippen LogP contribution in [0.15, 0.2) is 48.5 Å². The first-order valence-corrected chi connectivity index (χ1v) is 10.7. The zero-order valence-electron chi connectivity index (χ0n) is 17.8. The standard InChI is InChI=1S/C25H26N2O4/c1-3-30-22-11-7-6-10-21(22)27-23(28)15-31-25(29)24-17-8-4-5-9-19(17)26-20-13-12-16(2)14-18(20)24/h4-11,16H,3,12-15H2,1-2H3,(H,27,28). The maximum atomic E-state index is 13.1. The number of esters is 1. The summed E-state index contributed by atoms with van der Waals surface area (Å²) in [5, 5.41) is 3.52. The number of fused-ring (bicyclic) bond motifs is 2. The van der Waals surface area contributed by atoms with Crippen LogP contribution in [0, 0.1) is 5.92 Å². The van der Waals surface area contributed by atoms with Crippen LogP contribution in [0.3, 0.4) is 0 Å². The summed E-state index contributed by atoms with van der Waals surface area (Å²) >= 11 is 0. The SMILES string of the molecule is CCOc1ccccc1NC(=O)COC(=O)c1c2c(nc3ccccc13)CCC(C)C2. The number of para-hydroxylation sites is 3. The van der Waals surface area contributed by atoms with Crippen LogP contribution in [0.4, 0.5) is 5.69 Å². The molecule has 31 heavy (non-hydrogen) atoms. The Morgan fingerprint density at radius 1 is 1.13 bits per heavy atom. The highest BCUT2D eigenvalue weighted by Gasteiger charge is 2.26. The first-order valence-electron chi connectivity index (χ1n) is 10.7. The molecule has 0 bridgehead atoms. The van der Waals surface area contributed by atoms with Gasteiger partial charge in [-0.1, -0.05) is 37.3 Å². The lowest BCUT2D eigenvalue weighted by Crippen LogP contribution is -2.24. The maximum Gasteiger partial charge on any atom is 0.339 e. The molecule has 1 unspecified atom stereocenters. The van der Waals surface area contributed by atoms with E-state index in [0.717, 1.165) is 41.4 Å². The molecule has 1 atom stereocenters. The molecule has 1 aromatic heterocycles. The van der Waals surface area contributed by atoms with Crippen molar-refractivity contribution in [3.05, 3.63) is 65.4 Å². The Kier molecular flexibility index (Phi) is 6.16. The molecule has 1 aliphatic carbocycles. The molecule has 0 saturated heterocycles. The van der Waals surface area contributed by atoms with E-state index in [2.05, 4.69) is 12.2 Å². The summed E-state index contributed by atoms with van der Waals surface area (Å²) in [6.07, 6.45) is 2.68. The molecule has 0 saturated carbocycles. The van der Waals surface area contributed by atoms with Crippen LogP contribution in [0.5, 0.6) is 5.75 Å². The Morgan fingerprint density at radius 3 is 2.74 bits per heavy atom. The molecule has 0 aliphatic heterocycles. The van der Waals surface area contributed by atoms with E-state index in [0.29, 0.717) is 29.5 Å². The molecular formula is C25H26N2O4. The Hall–Kier alpha value is -3.41. The van der Waals surface area contributed by atoms with Crippen molar-refractivity contribution in [3.63, 3.8) is 0 Å². The van der Waals surface area contributed by atoms with Crippen molar-refractivity contribution in [2.45, 2.75) is 33.1 Å². The van der Waals surface area contributed by atoms with Crippen molar-refractivity contribution in [1.82, 2.24) is 4.98 Å². The van der Waals surface area contributed by atoms with Gasteiger partial charge in [0.2, 0.25) is 0 Å². The maximum absolute atomic E-state index is 13.1. The van der Waals surface area contributed by atoms with E-state index in [4.69, 9.17) is 14.5 Å². The quantitative estimate of drug-likeness (QED) is 0.594. The Balaban J connectivity index is 1.54. The topological polar surface area (TPSA) is 77.5 Å². The number of aryl methyl sites for hydroxylation is 1. The summed E-state index contributed by atoms with van der Waals surface area (Å²) in [6.45, 7) is 4.16. The van der Waals surface area contributed by atoms with E-state index in [1.807, 2.05) is 37.3 Å². The highest BCUT2D eigenvalue weighted by Crippen LogP contribution is 2.32. The fraction of sp³-hybridized carbons (Fsp3) is 0.320. The minimum absolute atomic E-state index is 0.375. The van der Waals surface area contributed by atoms with Gasteiger partial charge in [0.15, 0.2) is 6.61 Å². The number of pyridine rings is 1.